The van der Waals surface area contributed by atoms with Crippen molar-refractivity contribution in [2.24, 2.45) is 11.8 Å². The van der Waals surface area contributed by atoms with Crippen LogP contribution in [0.15, 0.2) is 30.5 Å². The van der Waals surface area contributed by atoms with Crippen molar-refractivity contribution >= 4 is 16.6 Å². The Bertz CT molecular complexity index is 547. The van der Waals surface area contributed by atoms with Gasteiger partial charge < -0.3 is 5.32 Å². The molecule has 1 fully saturated rings. The molecule has 1 aromatic carbocycles. The van der Waals surface area contributed by atoms with E-state index in [1.165, 1.54) is 18.2 Å². The van der Waals surface area contributed by atoms with Crippen LogP contribution in [0, 0.1) is 11.8 Å². The molecule has 2 aromatic rings. The van der Waals surface area contributed by atoms with E-state index in [0.717, 1.165) is 17.1 Å². The summed E-state index contributed by atoms with van der Waals surface area (Å²) in [4.78, 5) is 0. The molecular formula is C15H19N3. The minimum Gasteiger partial charge on any atom is -0.365 e. The Hall–Kier alpha value is -1.64. The second-order valence-corrected chi connectivity index (χ2v) is 5.45. The van der Waals surface area contributed by atoms with Crippen molar-refractivity contribution in [1.29, 1.82) is 0 Å². The van der Waals surface area contributed by atoms with Crippen LogP contribution in [0.1, 0.15) is 26.7 Å². The molecule has 1 aliphatic carbocycles. The van der Waals surface area contributed by atoms with E-state index < -0.39 is 0 Å². The number of nitrogens with one attached hydrogen (secondary N) is 1. The fourth-order valence-electron chi connectivity index (χ4n) is 2.88. The summed E-state index contributed by atoms with van der Waals surface area (Å²) >= 11 is 0. The van der Waals surface area contributed by atoms with Crippen molar-refractivity contribution in [2.45, 2.75) is 32.7 Å². The first-order valence-corrected chi connectivity index (χ1v) is 6.72. The van der Waals surface area contributed by atoms with E-state index in [2.05, 4.69) is 47.6 Å². The fraction of sp³-hybridized carbons (Fsp3) is 0.467. The van der Waals surface area contributed by atoms with Crippen LogP contribution in [0.4, 0.5) is 5.82 Å². The molecule has 1 aliphatic rings. The first-order valence-electron chi connectivity index (χ1n) is 6.72. The smallest absolute Gasteiger partial charge is 0.156 e. The van der Waals surface area contributed by atoms with Gasteiger partial charge >= 0.3 is 0 Å². The van der Waals surface area contributed by atoms with Gasteiger partial charge in [-0.25, -0.2) is 0 Å². The number of nitrogens with zero attached hydrogens (tertiary/aromatic N) is 2. The number of fused-ring (bicyclic) bond motifs is 1. The average molecular weight is 241 g/mol. The monoisotopic (exact) mass is 241 g/mol. The van der Waals surface area contributed by atoms with Crippen LogP contribution >= 0.6 is 0 Å². The standard InChI is InChI=1S/C15H19N3/c1-10-7-8-14(11(10)2)17-15-13-6-4-3-5-12(13)9-16-18-15/h3-6,9-11,14H,7-8H2,1-2H3,(H,17,18). The predicted molar refractivity (Wildman–Crippen MR) is 74.5 cm³/mol. The third-order valence-electron chi connectivity index (χ3n) is 4.36. The molecule has 0 bridgehead atoms. The summed E-state index contributed by atoms with van der Waals surface area (Å²) < 4.78 is 0. The number of benzene rings is 1. The topological polar surface area (TPSA) is 37.8 Å². The molecular weight excluding hydrogens is 222 g/mol. The van der Waals surface area contributed by atoms with E-state index in [9.17, 15) is 0 Å². The van der Waals surface area contributed by atoms with Gasteiger partial charge in [0.2, 0.25) is 0 Å². The van der Waals surface area contributed by atoms with E-state index in [-0.39, 0.29) is 0 Å². The summed E-state index contributed by atoms with van der Waals surface area (Å²) in [5.74, 6) is 2.43. The van der Waals surface area contributed by atoms with Gasteiger partial charge in [0.1, 0.15) is 0 Å². The zero-order valence-corrected chi connectivity index (χ0v) is 10.9. The van der Waals surface area contributed by atoms with Crippen LogP contribution < -0.4 is 5.32 Å². The number of hydrogen-bond donors (Lipinski definition) is 1. The van der Waals surface area contributed by atoms with Gasteiger partial charge in [0, 0.05) is 16.8 Å². The summed E-state index contributed by atoms with van der Waals surface area (Å²) in [6.45, 7) is 4.66. The Morgan fingerprint density at radius 1 is 1.17 bits per heavy atom. The largest absolute Gasteiger partial charge is 0.365 e. The third kappa shape index (κ3) is 1.94. The van der Waals surface area contributed by atoms with Gasteiger partial charge in [-0.1, -0.05) is 38.1 Å². The lowest BCUT2D eigenvalue weighted by atomic mass is 9.98. The number of rotatable bonds is 2. The van der Waals surface area contributed by atoms with Gasteiger partial charge in [-0.3, -0.25) is 0 Å². The Morgan fingerprint density at radius 2 is 2.00 bits per heavy atom. The van der Waals surface area contributed by atoms with Crippen LogP contribution in [0.5, 0.6) is 0 Å². The maximum absolute atomic E-state index is 4.27. The van der Waals surface area contributed by atoms with Gasteiger partial charge in [0.25, 0.3) is 0 Å². The first-order chi connectivity index (χ1) is 8.75. The minimum absolute atomic E-state index is 0.528. The van der Waals surface area contributed by atoms with Gasteiger partial charge in [0.05, 0.1) is 6.20 Å². The summed E-state index contributed by atoms with van der Waals surface area (Å²) in [6.07, 6.45) is 4.35. The second kappa shape index (κ2) is 4.56. The van der Waals surface area contributed by atoms with E-state index in [0.29, 0.717) is 12.0 Å². The molecule has 3 atom stereocenters. The third-order valence-corrected chi connectivity index (χ3v) is 4.36. The maximum atomic E-state index is 4.27. The normalized spacial score (nSPS) is 27.6. The van der Waals surface area contributed by atoms with Crippen LogP contribution in [0.2, 0.25) is 0 Å². The highest BCUT2D eigenvalue weighted by molar-refractivity contribution is 5.90. The van der Waals surface area contributed by atoms with Crippen LogP contribution in [0.3, 0.4) is 0 Å². The fourth-order valence-corrected chi connectivity index (χ4v) is 2.88. The maximum Gasteiger partial charge on any atom is 0.156 e. The van der Waals surface area contributed by atoms with Gasteiger partial charge in [-0.05, 0) is 24.7 Å². The zero-order chi connectivity index (χ0) is 12.5. The Balaban J connectivity index is 1.91. The number of anilines is 1. The average Bonchev–Trinajstić information content (AvgIpc) is 2.71. The van der Waals surface area contributed by atoms with Crippen molar-refractivity contribution in [3.05, 3.63) is 30.5 Å². The molecule has 1 heterocycles. The summed E-state index contributed by atoms with van der Waals surface area (Å²) in [7, 11) is 0. The molecule has 3 heteroatoms. The van der Waals surface area contributed by atoms with Crippen LogP contribution in [-0.4, -0.2) is 16.2 Å². The van der Waals surface area contributed by atoms with E-state index >= 15 is 0 Å². The Kier molecular flexibility index (Phi) is 2.90. The van der Waals surface area contributed by atoms with Crippen molar-refractivity contribution in [1.82, 2.24) is 10.2 Å². The van der Waals surface area contributed by atoms with E-state index in [1.807, 2.05) is 12.3 Å². The Morgan fingerprint density at radius 3 is 2.78 bits per heavy atom. The van der Waals surface area contributed by atoms with Crippen LogP contribution in [-0.2, 0) is 0 Å². The van der Waals surface area contributed by atoms with Crippen molar-refractivity contribution in [3.8, 4) is 0 Å². The van der Waals surface area contributed by atoms with Crippen molar-refractivity contribution in [2.75, 3.05) is 5.32 Å². The highest BCUT2D eigenvalue weighted by Gasteiger charge is 2.30. The first kappa shape index (κ1) is 11.5. The second-order valence-electron chi connectivity index (χ2n) is 5.45. The molecule has 0 radical (unpaired) electrons. The minimum atomic E-state index is 0.528. The van der Waals surface area contributed by atoms with Gasteiger partial charge in [-0.15, -0.1) is 5.10 Å². The molecule has 94 valence electrons. The molecule has 0 saturated heterocycles. The van der Waals surface area contributed by atoms with Crippen molar-refractivity contribution in [3.63, 3.8) is 0 Å². The SMILES string of the molecule is CC1CCC(Nc2nncc3ccccc23)C1C. The zero-order valence-electron chi connectivity index (χ0n) is 10.9. The van der Waals surface area contributed by atoms with Gasteiger partial charge in [-0.2, -0.15) is 5.10 Å². The highest BCUT2D eigenvalue weighted by Crippen LogP contribution is 2.33. The van der Waals surface area contributed by atoms with E-state index in [1.54, 1.807) is 0 Å². The molecule has 1 N–H and O–H groups in total. The molecule has 1 saturated carbocycles. The molecule has 0 spiro atoms. The number of hydrogen-bond acceptors (Lipinski definition) is 3. The molecule has 3 rings (SSSR count). The van der Waals surface area contributed by atoms with Crippen LogP contribution in [0.25, 0.3) is 10.8 Å². The van der Waals surface area contributed by atoms with Crippen molar-refractivity contribution < 1.29 is 0 Å². The molecule has 3 unspecified atom stereocenters. The lowest BCUT2D eigenvalue weighted by Gasteiger charge is -2.20. The highest BCUT2D eigenvalue weighted by atomic mass is 15.2. The molecule has 3 nitrogen and oxygen atoms in total. The predicted octanol–water partition coefficient (Wildman–Crippen LogP) is 3.48. The molecule has 0 amide bonds. The quantitative estimate of drug-likeness (QED) is 0.874. The molecule has 0 aliphatic heterocycles. The van der Waals surface area contributed by atoms with Gasteiger partial charge in [0.15, 0.2) is 5.82 Å². The number of aromatic nitrogens is 2. The summed E-state index contributed by atoms with van der Waals surface area (Å²) in [5, 5.41) is 14.3. The summed E-state index contributed by atoms with van der Waals surface area (Å²) in [5.41, 5.74) is 0. The molecule has 18 heavy (non-hydrogen) atoms. The lowest BCUT2D eigenvalue weighted by molar-refractivity contribution is 0.435. The Labute approximate surface area is 108 Å². The molecule has 1 aromatic heterocycles. The van der Waals surface area contributed by atoms with E-state index in [4.69, 9.17) is 0 Å². The summed E-state index contributed by atoms with van der Waals surface area (Å²) in [6, 6.07) is 8.80. The lowest BCUT2D eigenvalue weighted by Crippen LogP contribution is -2.24.